The van der Waals surface area contributed by atoms with Crippen molar-refractivity contribution in [3.63, 3.8) is 0 Å². The summed E-state index contributed by atoms with van der Waals surface area (Å²) in [4.78, 5) is 33.3. The number of carbonyl (C=O) groups is 2. The maximum Gasteiger partial charge on any atom is 0.338 e. The fraction of sp³-hybridized carbons (Fsp3) is 0.258. The molecule has 2 atom stereocenters. The molecule has 2 aliphatic heterocycles. The van der Waals surface area contributed by atoms with E-state index in [1.807, 2.05) is 85.8 Å². The Hall–Kier alpha value is -4.04. The van der Waals surface area contributed by atoms with Crippen molar-refractivity contribution in [2.75, 3.05) is 7.11 Å². The Labute approximate surface area is 232 Å². The molecule has 0 spiro atoms. The molecule has 200 valence electrons. The summed E-state index contributed by atoms with van der Waals surface area (Å²) in [5.74, 6) is 0.492. The lowest BCUT2D eigenvalue weighted by Gasteiger charge is -2.33. The molecule has 0 bridgehead atoms. The van der Waals surface area contributed by atoms with Crippen LogP contribution in [0, 0.1) is 0 Å². The minimum atomic E-state index is -0.700. The van der Waals surface area contributed by atoms with Crippen LogP contribution in [0.5, 0.6) is 11.5 Å². The van der Waals surface area contributed by atoms with Gasteiger partial charge in [0.25, 0.3) is 0 Å². The van der Waals surface area contributed by atoms with Gasteiger partial charge in [-0.05, 0) is 42.2 Å². The normalized spacial score (nSPS) is 18.5. The van der Waals surface area contributed by atoms with E-state index < -0.39 is 12.0 Å². The molecule has 0 aromatic heterocycles. The molecule has 2 heterocycles. The van der Waals surface area contributed by atoms with Crippen molar-refractivity contribution in [3.05, 3.63) is 107 Å². The van der Waals surface area contributed by atoms with Gasteiger partial charge in [0, 0.05) is 0 Å². The molecular formula is C31H30N2O5S. The van der Waals surface area contributed by atoms with Crippen molar-refractivity contribution in [2.45, 2.75) is 44.8 Å². The summed E-state index contributed by atoms with van der Waals surface area (Å²) in [7, 11) is 1.57. The molecule has 0 radical (unpaired) electrons. The summed E-state index contributed by atoms with van der Waals surface area (Å²) >= 11 is 1.43. The monoisotopic (exact) mass is 542 g/mol. The molecule has 1 fully saturated rings. The standard InChI is InChI=1S/C31H30N2O5S/c1-4-26-29(34)33-28(23-15-16-24(25(17-23)36-3)37-18-21-11-7-5-8-12-21)27(20(2)32-31(33)39-26)30(35)38-19-22-13-9-6-10-14-22/h5-17,26,28H,4,18-19H2,1-3H3/t26-,28-/m0/s1. The lowest BCUT2D eigenvalue weighted by molar-refractivity contribution is -0.141. The lowest BCUT2D eigenvalue weighted by Crippen LogP contribution is -2.40. The average molecular weight is 543 g/mol. The predicted octanol–water partition coefficient (Wildman–Crippen LogP) is 6.06. The fourth-order valence-corrected chi connectivity index (χ4v) is 5.81. The molecule has 0 N–H and O–H groups in total. The van der Waals surface area contributed by atoms with Crippen molar-refractivity contribution in [3.8, 4) is 11.5 Å². The number of benzene rings is 3. The van der Waals surface area contributed by atoms with Gasteiger partial charge in [-0.3, -0.25) is 9.69 Å². The van der Waals surface area contributed by atoms with Crippen LogP contribution in [0.3, 0.4) is 0 Å². The van der Waals surface area contributed by atoms with Gasteiger partial charge >= 0.3 is 5.97 Å². The van der Waals surface area contributed by atoms with E-state index in [2.05, 4.69) is 4.99 Å². The van der Waals surface area contributed by atoms with Crippen LogP contribution in [0.2, 0.25) is 0 Å². The van der Waals surface area contributed by atoms with E-state index in [9.17, 15) is 9.59 Å². The Morgan fingerprint density at radius 2 is 1.62 bits per heavy atom. The summed E-state index contributed by atoms with van der Waals surface area (Å²) in [5, 5.41) is 0.339. The molecular weight excluding hydrogens is 512 g/mol. The summed E-state index contributed by atoms with van der Waals surface area (Å²) in [6.45, 7) is 4.26. The van der Waals surface area contributed by atoms with E-state index in [-0.39, 0.29) is 17.8 Å². The molecule has 1 amide bonds. The Morgan fingerprint density at radius 1 is 0.949 bits per heavy atom. The highest BCUT2D eigenvalue weighted by Gasteiger charge is 2.47. The highest BCUT2D eigenvalue weighted by Crippen LogP contribution is 2.45. The number of nitrogens with zero attached hydrogens (tertiary/aromatic N) is 2. The van der Waals surface area contributed by atoms with Crippen LogP contribution in [0.25, 0.3) is 0 Å². The van der Waals surface area contributed by atoms with Crippen LogP contribution in [0.1, 0.15) is 43.0 Å². The minimum Gasteiger partial charge on any atom is -0.493 e. The number of thioether (sulfide) groups is 1. The van der Waals surface area contributed by atoms with Crippen LogP contribution in [-0.4, -0.2) is 34.3 Å². The third kappa shape index (κ3) is 5.56. The molecule has 3 aromatic rings. The second-order valence-corrected chi connectivity index (χ2v) is 10.4. The Bertz CT molecular complexity index is 1420. The van der Waals surface area contributed by atoms with Gasteiger partial charge < -0.3 is 14.2 Å². The Balaban J connectivity index is 1.48. The van der Waals surface area contributed by atoms with Gasteiger partial charge in [-0.25, -0.2) is 9.79 Å². The number of aliphatic imine (C=N–C) groups is 1. The van der Waals surface area contributed by atoms with Crippen molar-refractivity contribution < 1.29 is 23.8 Å². The zero-order valence-electron chi connectivity index (χ0n) is 22.1. The van der Waals surface area contributed by atoms with Crippen molar-refractivity contribution in [2.24, 2.45) is 4.99 Å². The molecule has 1 saturated heterocycles. The topological polar surface area (TPSA) is 77.4 Å². The molecule has 8 heteroatoms. The number of esters is 1. The molecule has 3 aromatic carbocycles. The van der Waals surface area contributed by atoms with Crippen LogP contribution < -0.4 is 9.47 Å². The number of allylic oxidation sites excluding steroid dienone is 1. The van der Waals surface area contributed by atoms with E-state index in [0.29, 0.717) is 46.5 Å². The van der Waals surface area contributed by atoms with Crippen LogP contribution in [-0.2, 0) is 27.5 Å². The fourth-order valence-electron chi connectivity index (χ4n) is 4.68. The predicted molar refractivity (Wildman–Crippen MR) is 151 cm³/mol. The number of amides is 1. The molecule has 2 aliphatic rings. The summed E-state index contributed by atoms with van der Waals surface area (Å²) in [5.41, 5.74) is 3.48. The second kappa shape index (κ2) is 11.8. The zero-order chi connectivity index (χ0) is 27.4. The molecule has 0 aliphatic carbocycles. The summed E-state index contributed by atoms with van der Waals surface area (Å²) in [6, 6.07) is 24.2. The summed E-state index contributed by atoms with van der Waals surface area (Å²) < 4.78 is 17.4. The maximum absolute atomic E-state index is 13.5. The van der Waals surface area contributed by atoms with Crippen LogP contribution >= 0.6 is 11.8 Å². The first-order chi connectivity index (χ1) is 19.0. The van der Waals surface area contributed by atoms with Crippen molar-refractivity contribution >= 4 is 28.8 Å². The van der Waals surface area contributed by atoms with Crippen LogP contribution in [0.4, 0.5) is 0 Å². The molecule has 0 saturated carbocycles. The van der Waals surface area contributed by atoms with E-state index >= 15 is 0 Å². The van der Waals surface area contributed by atoms with Gasteiger partial charge in [0.1, 0.15) is 13.2 Å². The van der Waals surface area contributed by atoms with E-state index in [1.165, 1.54) is 11.8 Å². The number of ether oxygens (including phenoxy) is 3. The highest BCUT2D eigenvalue weighted by molar-refractivity contribution is 8.15. The van der Waals surface area contributed by atoms with Gasteiger partial charge in [0.05, 0.1) is 29.7 Å². The number of fused-ring (bicyclic) bond motifs is 1. The van der Waals surface area contributed by atoms with Gasteiger partial charge in [-0.2, -0.15) is 0 Å². The maximum atomic E-state index is 13.5. The van der Waals surface area contributed by atoms with Gasteiger partial charge in [-0.15, -0.1) is 0 Å². The van der Waals surface area contributed by atoms with Gasteiger partial charge in [0.15, 0.2) is 16.7 Å². The first-order valence-corrected chi connectivity index (χ1v) is 13.7. The van der Waals surface area contributed by atoms with E-state index in [4.69, 9.17) is 14.2 Å². The van der Waals surface area contributed by atoms with E-state index in [1.54, 1.807) is 18.9 Å². The molecule has 39 heavy (non-hydrogen) atoms. The Morgan fingerprint density at radius 3 is 2.26 bits per heavy atom. The van der Waals surface area contributed by atoms with Gasteiger partial charge in [0.2, 0.25) is 5.91 Å². The number of methoxy groups -OCH3 is 1. The number of carbonyl (C=O) groups excluding carboxylic acids is 2. The number of amidine groups is 1. The summed E-state index contributed by atoms with van der Waals surface area (Å²) in [6.07, 6.45) is 0.661. The molecule has 5 rings (SSSR count). The Kier molecular flexibility index (Phi) is 8.02. The first-order valence-electron chi connectivity index (χ1n) is 12.8. The smallest absolute Gasteiger partial charge is 0.338 e. The third-order valence-electron chi connectivity index (χ3n) is 6.70. The lowest BCUT2D eigenvalue weighted by atomic mass is 9.93. The molecule has 0 unspecified atom stereocenters. The van der Waals surface area contributed by atoms with E-state index in [0.717, 1.165) is 11.1 Å². The van der Waals surface area contributed by atoms with Gasteiger partial charge in [-0.1, -0.05) is 85.4 Å². The molecule has 7 nitrogen and oxygen atoms in total. The first kappa shape index (κ1) is 26.6. The number of rotatable bonds is 9. The zero-order valence-corrected chi connectivity index (χ0v) is 22.9. The van der Waals surface area contributed by atoms with Crippen molar-refractivity contribution in [1.82, 2.24) is 4.90 Å². The third-order valence-corrected chi connectivity index (χ3v) is 8.01. The SMILES string of the molecule is CC[C@@H]1SC2=NC(C)=C(C(=O)OCc3ccccc3)[C@H](c3ccc(OCc4ccccc4)c(OC)c3)N2C1=O. The number of hydrogen-bond donors (Lipinski definition) is 0. The quantitative estimate of drug-likeness (QED) is 0.306. The highest BCUT2D eigenvalue weighted by atomic mass is 32.2. The number of hydrogen-bond acceptors (Lipinski definition) is 7. The van der Waals surface area contributed by atoms with Crippen LogP contribution in [0.15, 0.2) is 95.1 Å². The minimum absolute atomic E-state index is 0.0736. The average Bonchev–Trinajstić information content (AvgIpc) is 3.29. The second-order valence-electron chi connectivity index (χ2n) is 9.27. The largest absolute Gasteiger partial charge is 0.493 e. The van der Waals surface area contributed by atoms with Crippen molar-refractivity contribution in [1.29, 1.82) is 0 Å².